The number of carboxylic acids is 1. The highest BCUT2D eigenvalue weighted by Crippen LogP contribution is 2.27. The van der Waals surface area contributed by atoms with Gasteiger partial charge in [-0.05, 0) is 19.1 Å². The van der Waals surface area contributed by atoms with Gasteiger partial charge < -0.3 is 10.4 Å². The molecule has 0 atom stereocenters. The SMILES string of the molecule is Cc1ncccc1Nc1ncc(C(=O)O)c2ccccc12. The van der Waals surface area contributed by atoms with E-state index in [2.05, 4.69) is 15.3 Å². The lowest BCUT2D eigenvalue weighted by Gasteiger charge is -2.11. The molecule has 0 saturated heterocycles. The minimum atomic E-state index is -0.984. The molecular formula is C16H13N3O2. The monoisotopic (exact) mass is 279 g/mol. The van der Waals surface area contributed by atoms with Crippen LogP contribution in [0.4, 0.5) is 11.5 Å². The van der Waals surface area contributed by atoms with Gasteiger partial charge in [0.15, 0.2) is 0 Å². The summed E-state index contributed by atoms with van der Waals surface area (Å²) in [5, 5.41) is 13.9. The zero-order valence-electron chi connectivity index (χ0n) is 11.4. The maximum atomic E-state index is 11.3. The fourth-order valence-corrected chi connectivity index (χ4v) is 2.21. The molecule has 0 aliphatic rings. The molecule has 104 valence electrons. The van der Waals surface area contributed by atoms with Crippen molar-refractivity contribution in [2.45, 2.75) is 6.92 Å². The van der Waals surface area contributed by atoms with Gasteiger partial charge in [0.05, 0.1) is 16.9 Å². The maximum absolute atomic E-state index is 11.3. The number of carbonyl (C=O) groups is 1. The maximum Gasteiger partial charge on any atom is 0.337 e. The Morgan fingerprint density at radius 1 is 1.10 bits per heavy atom. The van der Waals surface area contributed by atoms with Gasteiger partial charge >= 0.3 is 5.97 Å². The van der Waals surface area contributed by atoms with E-state index in [-0.39, 0.29) is 5.56 Å². The van der Waals surface area contributed by atoms with Crippen LogP contribution in [0.2, 0.25) is 0 Å². The van der Waals surface area contributed by atoms with Crippen molar-refractivity contribution in [1.82, 2.24) is 9.97 Å². The molecule has 2 heterocycles. The average molecular weight is 279 g/mol. The summed E-state index contributed by atoms with van der Waals surface area (Å²) in [7, 11) is 0. The fraction of sp³-hybridized carbons (Fsp3) is 0.0625. The third-order valence-corrected chi connectivity index (χ3v) is 3.29. The van der Waals surface area contributed by atoms with Crippen molar-refractivity contribution in [3.8, 4) is 0 Å². The first-order chi connectivity index (χ1) is 10.2. The molecule has 0 aliphatic heterocycles. The van der Waals surface area contributed by atoms with Crippen LogP contribution in [0.3, 0.4) is 0 Å². The van der Waals surface area contributed by atoms with Gasteiger partial charge in [0, 0.05) is 23.2 Å². The van der Waals surface area contributed by atoms with Crippen LogP contribution in [-0.4, -0.2) is 21.0 Å². The molecule has 0 saturated carbocycles. The van der Waals surface area contributed by atoms with Crippen molar-refractivity contribution >= 4 is 28.2 Å². The highest BCUT2D eigenvalue weighted by Gasteiger charge is 2.12. The van der Waals surface area contributed by atoms with Crippen LogP contribution in [-0.2, 0) is 0 Å². The third kappa shape index (κ3) is 2.41. The number of aromatic nitrogens is 2. The van der Waals surface area contributed by atoms with Crippen molar-refractivity contribution in [3.63, 3.8) is 0 Å². The normalized spacial score (nSPS) is 10.5. The van der Waals surface area contributed by atoms with Crippen molar-refractivity contribution in [2.75, 3.05) is 5.32 Å². The van der Waals surface area contributed by atoms with Crippen molar-refractivity contribution in [2.24, 2.45) is 0 Å². The predicted molar refractivity (Wildman–Crippen MR) is 81.0 cm³/mol. The van der Waals surface area contributed by atoms with E-state index in [9.17, 15) is 9.90 Å². The van der Waals surface area contributed by atoms with Gasteiger partial charge in [-0.3, -0.25) is 4.98 Å². The Hall–Kier alpha value is -2.95. The number of hydrogen-bond donors (Lipinski definition) is 2. The molecule has 2 aromatic heterocycles. The first kappa shape index (κ1) is 13.1. The molecule has 0 bridgehead atoms. The molecule has 3 aromatic rings. The Morgan fingerprint density at radius 2 is 1.86 bits per heavy atom. The molecule has 3 rings (SSSR count). The minimum absolute atomic E-state index is 0.194. The molecular weight excluding hydrogens is 266 g/mol. The molecule has 0 radical (unpaired) electrons. The molecule has 0 unspecified atom stereocenters. The molecule has 1 aromatic carbocycles. The van der Waals surface area contributed by atoms with E-state index in [1.165, 1.54) is 6.20 Å². The average Bonchev–Trinajstić information content (AvgIpc) is 2.49. The van der Waals surface area contributed by atoms with Gasteiger partial charge in [-0.25, -0.2) is 9.78 Å². The van der Waals surface area contributed by atoms with Crippen LogP contribution in [0.5, 0.6) is 0 Å². The van der Waals surface area contributed by atoms with E-state index in [4.69, 9.17) is 0 Å². The van der Waals surface area contributed by atoms with Gasteiger partial charge in [-0.15, -0.1) is 0 Å². The van der Waals surface area contributed by atoms with E-state index in [0.29, 0.717) is 11.2 Å². The standard InChI is InChI=1S/C16H13N3O2/c1-10-14(7-4-8-17-10)19-15-12-6-3-2-5-11(12)13(9-18-15)16(20)21/h2-9H,1H3,(H,18,19)(H,20,21). The number of hydrogen-bond acceptors (Lipinski definition) is 4. The molecule has 5 heteroatoms. The molecule has 0 spiro atoms. The Labute approximate surface area is 121 Å². The van der Waals surface area contributed by atoms with Gasteiger partial charge in [0.2, 0.25) is 0 Å². The van der Waals surface area contributed by atoms with E-state index >= 15 is 0 Å². The number of aryl methyl sites for hydroxylation is 1. The first-order valence-corrected chi connectivity index (χ1v) is 6.46. The van der Waals surface area contributed by atoms with Gasteiger partial charge in [-0.1, -0.05) is 24.3 Å². The van der Waals surface area contributed by atoms with Crippen molar-refractivity contribution in [1.29, 1.82) is 0 Å². The van der Waals surface area contributed by atoms with Gasteiger partial charge in [-0.2, -0.15) is 0 Å². The minimum Gasteiger partial charge on any atom is -0.478 e. The van der Waals surface area contributed by atoms with Crippen LogP contribution >= 0.6 is 0 Å². The quantitative estimate of drug-likeness (QED) is 0.768. The predicted octanol–water partition coefficient (Wildman–Crippen LogP) is 3.38. The summed E-state index contributed by atoms with van der Waals surface area (Å²) in [4.78, 5) is 19.7. The van der Waals surface area contributed by atoms with Crippen LogP contribution in [0, 0.1) is 6.92 Å². The summed E-state index contributed by atoms with van der Waals surface area (Å²) in [6.07, 6.45) is 3.10. The summed E-state index contributed by atoms with van der Waals surface area (Å²) < 4.78 is 0. The van der Waals surface area contributed by atoms with Gasteiger partial charge in [0.25, 0.3) is 0 Å². The Bertz CT molecular complexity index is 831. The van der Waals surface area contributed by atoms with Crippen LogP contribution in [0.1, 0.15) is 16.1 Å². The number of nitrogens with one attached hydrogen (secondary N) is 1. The smallest absolute Gasteiger partial charge is 0.337 e. The number of aromatic carboxylic acids is 1. The van der Waals surface area contributed by atoms with E-state index < -0.39 is 5.97 Å². The molecule has 0 fully saturated rings. The number of nitrogens with zero attached hydrogens (tertiary/aromatic N) is 2. The summed E-state index contributed by atoms with van der Waals surface area (Å²) in [6, 6.07) is 11.0. The number of anilines is 2. The first-order valence-electron chi connectivity index (χ1n) is 6.46. The lowest BCUT2D eigenvalue weighted by atomic mass is 10.1. The molecule has 0 aliphatic carbocycles. The Balaban J connectivity index is 2.14. The second kappa shape index (κ2) is 5.20. The second-order valence-corrected chi connectivity index (χ2v) is 4.63. The molecule has 2 N–H and O–H groups in total. The van der Waals surface area contributed by atoms with E-state index in [0.717, 1.165) is 16.8 Å². The third-order valence-electron chi connectivity index (χ3n) is 3.29. The summed E-state index contributed by atoms with van der Waals surface area (Å²) in [5.41, 5.74) is 1.89. The molecule has 5 nitrogen and oxygen atoms in total. The Kier molecular flexibility index (Phi) is 3.23. The lowest BCUT2D eigenvalue weighted by Crippen LogP contribution is -2.03. The molecule has 21 heavy (non-hydrogen) atoms. The number of fused-ring (bicyclic) bond motifs is 1. The van der Waals surface area contributed by atoms with E-state index in [1.54, 1.807) is 12.3 Å². The number of rotatable bonds is 3. The van der Waals surface area contributed by atoms with Crippen molar-refractivity contribution in [3.05, 3.63) is 60.0 Å². The summed E-state index contributed by atoms with van der Waals surface area (Å²) >= 11 is 0. The molecule has 0 amide bonds. The van der Waals surface area contributed by atoms with Crippen LogP contribution < -0.4 is 5.32 Å². The van der Waals surface area contributed by atoms with Crippen LogP contribution in [0.15, 0.2) is 48.8 Å². The van der Waals surface area contributed by atoms with Gasteiger partial charge in [0.1, 0.15) is 5.82 Å². The lowest BCUT2D eigenvalue weighted by molar-refractivity contribution is 0.0698. The largest absolute Gasteiger partial charge is 0.478 e. The zero-order valence-corrected chi connectivity index (χ0v) is 11.4. The summed E-state index contributed by atoms with van der Waals surface area (Å²) in [5.74, 6) is -0.366. The highest BCUT2D eigenvalue weighted by atomic mass is 16.4. The highest BCUT2D eigenvalue weighted by molar-refractivity contribution is 6.06. The van der Waals surface area contributed by atoms with Crippen LogP contribution in [0.25, 0.3) is 10.8 Å². The topological polar surface area (TPSA) is 75.1 Å². The number of carboxylic acid groups (broad SMARTS) is 1. The van der Waals surface area contributed by atoms with Crippen molar-refractivity contribution < 1.29 is 9.90 Å². The number of benzene rings is 1. The fourth-order valence-electron chi connectivity index (χ4n) is 2.21. The second-order valence-electron chi connectivity index (χ2n) is 4.63. The Morgan fingerprint density at radius 3 is 2.57 bits per heavy atom. The van der Waals surface area contributed by atoms with E-state index in [1.807, 2.05) is 37.3 Å². The zero-order chi connectivity index (χ0) is 14.8. The summed E-state index contributed by atoms with van der Waals surface area (Å²) in [6.45, 7) is 1.90. The number of pyridine rings is 2.